The van der Waals surface area contributed by atoms with Gasteiger partial charge in [0.15, 0.2) is 11.5 Å². The molecule has 1 atom stereocenters. The Morgan fingerprint density at radius 3 is 3.00 bits per heavy atom. The van der Waals surface area contributed by atoms with Gasteiger partial charge < -0.3 is 24.8 Å². The van der Waals surface area contributed by atoms with Crippen LogP contribution in [0.5, 0.6) is 11.5 Å². The molecule has 1 unspecified atom stereocenters. The molecule has 3 rings (SSSR count). The maximum atomic E-state index is 11.9. The second-order valence-corrected chi connectivity index (χ2v) is 4.49. The molecule has 1 amide bonds. The Kier molecular flexibility index (Phi) is 5.05. The summed E-state index contributed by atoms with van der Waals surface area (Å²) in [5.41, 5.74) is 0.981. The molecule has 0 saturated carbocycles. The summed E-state index contributed by atoms with van der Waals surface area (Å²) in [6, 6.07) is 5.39. The zero-order valence-electron chi connectivity index (χ0n) is 10.9. The third kappa shape index (κ3) is 3.33. The standard InChI is InChI=1S/C13H16N2O4.ClH/c16-13(10-7-17-4-3-14-10)15-6-9-1-2-11-12(5-9)19-8-18-11;/h1-2,5,10,14H,3-4,6-8H2,(H,15,16);1H. The normalized spacial score (nSPS) is 20.1. The number of nitrogens with one attached hydrogen (secondary N) is 2. The lowest BCUT2D eigenvalue weighted by Gasteiger charge is -2.22. The number of carbonyl (C=O) groups is 1. The number of hydrogen-bond acceptors (Lipinski definition) is 5. The van der Waals surface area contributed by atoms with Crippen LogP contribution >= 0.6 is 12.4 Å². The molecule has 2 heterocycles. The van der Waals surface area contributed by atoms with Crippen LogP contribution in [0.2, 0.25) is 0 Å². The molecule has 2 aliphatic rings. The second kappa shape index (κ2) is 6.78. The summed E-state index contributed by atoms with van der Waals surface area (Å²) in [4.78, 5) is 11.9. The van der Waals surface area contributed by atoms with E-state index in [0.717, 1.165) is 17.1 Å². The molecule has 1 aromatic rings. The molecule has 0 bridgehead atoms. The van der Waals surface area contributed by atoms with Crippen molar-refractivity contribution in [3.63, 3.8) is 0 Å². The van der Waals surface area contributed by atoms with Crippen molar-refractivity contribution < 1.29 is 19.0 Å². The minimum absolute atomic E-state index is 0. The van der Waals surface area contributed by atoms with Crippen molar-refractivity contribution in [2.75, 3.05) is 26.6 Å². The number of carbonyl (C=O) groups excluding carboxylic acids is 1. The van der Waals surface area contributed by atoms with Crippen LogP contribution in [0.3, 0.4) is 0 Å². The first kappa shape index (κ1) is 14.9. The smallest absolute Gasteiger partial charge is 0.239 e. The van der Waals surface area contributed by atoms with Crippen LogP contribution < -0.4 is 20.1 Å². The minimum Gasteiger partial charge on any atom is -0.454 e. The molecule has 1 fully saturated rings. The topological polar surface area (TPSA) is 68.8 Å². The van der Waals surface area contributed by atoms with Crippen molar-refractivity contribution in [2.24, 2.45) is 0 Å². The van der Waals surface area contributed by atoms with Crippen LogP contribution in [-0.4, -0.2) is 38.5 Å². The number of amides is 1. The first-order valence-electron chi connectivity index (χ1n) is 6.30. The van der Waals surface area contributed by atoms with Crippen molar-refractivity contribution in [2.45, 2.75) is 12.6 Å². The van der Waals surface area contributed by atoms with Gasteiger partial charge in [0.1, 0.15) is 6.04 Å². The lowest BCUT2D eigenvalue weighted by atomic mass is 10.2. The highest BCUT2D eigenvalue weighted by molar-refractivity contribution is 5.85. The molecule has 0 spiro atoms. The highest BCUT2D eigenvalue weighted by Crippen LogP contribution is 2.32. The van der Waals surface area contributed by atoms with Gasteiger partial charge in [-0.05, 0) is 17.7 Å². The average molecular weight is 301 g/mol. The maximum Gasteiger partial charge on any atom is 0.239 e. The summed E-state index contributed by atoms with van der Waals surface area (Å²) in [7, 11) is 0. The van der Waals surface area contributed by atoms with Crippen molar-refractivity contribution in [1.82, 2.24) is 10.6 Å². The van der Waals surface area contributed by atoms with E-state index < -0.39 is 0 Å². The van der Waals surface area contributed by atoms with Crippen molar-refractivity contribution >= 4 is 18.3 Å². The first-order valence-corrected chi connectivity index (χ1v) is 6.30. The Hall–Kier alpha value is -1.50. The van der Waals surface area contributed by atoms with Gasteiger partial charge in [0.2, 0.25) is 12.7 Å². The van der Waals surface area contributed by atoms with Crippen molar-refractivity contribution in [3.8, 4) is 11.5 Å². The van der Waals surface area contributed by atoms with E-state index in [4.69, 9.17) is 14.2 Å². The molecular weight excluding hydrogens is 284 g/mol. The molecule has 0 radical (unpaired) electrons. The summed E-state index contributed by atoms with van der Waals surface area (Å²) in [5, 5.41) is 6.00. The highest BCUT2D eigenvalue weighted by Gasteiger charge is 2.21. The van der Waals surface area contributed by atoms with E-state index in [0.29, 0.717) is 26.3 Å². The van der Waals surface area contributed by atoms with E-state index in [1.54, 1.807) is 0 Å². The molecule has 1 aromatic carbocycles. The lowest BCUT2D eigenvalue weighted by molar-refractivity contribution is -0.126. The zero-order chi connectivity index (χ0) is 13.1. The number of ether oxygens (including phenoxy) is 3. The average Bonchev–Trinajstić information content (AvgIpc) is 2.93. The Balaban J connectivity index is 0.00000147. The fraction of sp³-hybridized carbons (Fsp3) is 0.462. The van der Waals surface area contributed by atoms with Crippen LogP contribution in [0.25, 0.3) is 0 Å². The van der Waals surface area contributed by atoms with Gasteiger partial charge in [0.05, 0.1) is 13.2 Å². The van der Waals surface area contributed by atoms with Gasteiger partial charge >= 0.3 is 0 Å². The Labute approximate surface area is 123 Å². The van der Waals surface area contributed by atoms with Crippen LogP contribution in [0.15, 0.2) is 18.2 Å². The quantitative estimate of drug-likeness (QED) is 0.848. The number of hydrogen-bond donors (Lipinski definition) is 2. The van der Waals surface area contributed by atoms with E-state index in [1.807, 2.05) is 18.2 Å². The largest absolute Gasteiger partial charge is 0.454 e. The van der Waals surface area contributed by atoms with Crippen molar-refractivity contribution in [1.29, 1.82) is 0 Å². The van der Waals surface area contributed by atoms with Gasteiger partial charge in [-0.15, -0.1) is 12.4 Å². The number of rotatable bonds is 3. The maximum absolute atomic E-state index is 11.9. The fourth-order valence-corrected chi connectivity index (χ4v) is 2.10. The van der Waals surface area contributed by atoms with Gasteiger partial charge in [-0.2, -0.15) is 0 Å². The van der Waals surface area contributed by atoms with E-state index >= 15 is 0 Å². The SMILES string of the molecule is Cl.O=C(NCc1ccc2c(c1)OCO2)C1COCCN1. The molecule has 0 aliphatic carbocycles. The van der Waals surface area contributed by atoms with Gasteiger partial charge in [-0.25, -0.2) is 0 Å². The molecule has 1 saturated heterocycles. The minimum atomic E-state index is -0.261. The molecule has 7 heteroatoms. The molecule has 6 nitrogen and oxygen atoms in total. The van der Waals surface area contributed by atoms with E-state index in [9.17, 15) is 4.79 Å². The zero-order valence-corrected chi connectivity index (χ0v) is 11.7. The van der Waals surface area contributed by atoms with Gasteiger partial charge in [-0.3, -0.25) is 4.79 Å². The summed E-state index contributed by atoms with van der Waals surface area (Å²) < 4.78 is 15.8. The third-order valence-electron chi connectivity index (χ3n) is 3.14. The van der Waals surface area contributed by atoms with Gasteiger partial charge in [-0.1, -0.05) is 6.07 Å². The van der Waals surface area contributed by atoms with Gasteiger partial charge in [0, 0.05) is 13.1 Å². The summed E-state index contributed by atoms with van der Waals surface area (Å²) >= 11 is 0. The molecule has 2 N–H and O–H groups in total. The van der Waals surface area contributed by atoms with E-state index in [2.05, 4.69) is 10.6 Å². The number of benzene rings is 1. The van der Waals surface area contributed by atoms with E-state index in [-0.39, 0.29) is 31.1 Å². The number of halogens is 1. The number of morpholine rings is 1. The molecule has 2 aliphatic heterocycles. The Morgan fingerprint density at radius 1 is 1.35 bits per heavy atom. The highest BCUT2D eigenvalue weighted by atomic mass is 35.5. The summed E-state index contributed by atoms with van der Waals surface area (Å²) in [5.74, 6) is 1.43. The summed E-state index contributed by atoms with van der Waals surface area (Å²) in [6.07, 6.45) is 0. The molecule has 110 valence electrons. The van der Waals surface area contributed by atoms with Crippen molar-refractivity contribution in [3.05, 3.63) is 23.8 Å². The monoisotopic (exact) mass is 300 g/mol. The van der Waals surface area contributed by atoms with Gasteiger partial charge in [0.25, 0.3) is 0 Å². The van der Waals surface area contributed by atoms with Crippen LogP contribution in [0.1, 0.15) is 5.56 Å². The third-order valence-corrected chi connectivity index (χ3v) is 3.14. The number of fused-ring (bicyclic) bond motifs is 1. The predicted octanol–water partition coefficient (Wildman–Crippen LogP) is 0.442. The predicted molar refractivity (Wildman–Crippen MR) is 74.3 cm³/mol. The Bertz CT molecular complexity index is 477. The van der Waals surface area contributed by atoms with Crippen LogP contribution in [0.4, 0.5) is 0 Å². The molecular formula is C13H17ClN2O4. The lowest BCUT2D eigenvalue weighted by Crippen LogP contribution is -2.51. The van der Waals surface area contributed by atoms with Crippen LogP contribution in [-0.2, 0) is 16.1 Å². The van der Waals surface area contributed by atoms with Crippen LogP contribution in [0, 0.1) is 0 Å². The second-order valence-electron chi connectivity index (χ2n) is 4.49. The van der Waals surface area contributed by atoms with E-state index in [1.165, 1.54) is 0 Å². The fourth-order valence-electron chi connectivity index (χ4n) is 2.10. The Morgan fingerprint density at radius 2 is 2.20 bits per heavy atom. The first-order chi connectivity index (χ1) is 9.33. The molecule has 20 heavy (non-hydrogen) atoms. The molecule has 0 aromatic heterocycles. The summed E-state index contributed by atoms with van der Waals surface area (Å²) in [6.45, 7) is 2.52.